The summed E-state index contributed by atoms with van der Waals surface area (Å²) in [7, 11) is 0. The van der Waals surface area contributed by atoms with Crippen molar-refractivity contribution < 1.29 is 4.79 Å². The van der Waals surface area contributed by atoms with Crippen LogP contribution in [0.2, 0.25) is 0 Å². The van der Waals surface area contributed by atoms with E-state index in [0.29, 0.717) is 0 Å². The van der Waals surface area contributed by atoms with Gasteiger partial charge in [-0.2, -0.15) is 5.10 Å². The zero-order chi connectivity index (χ0) is 23.8. The van der Waals surface area contributed by atoms with E-state index < -0.39 is 0 Å². The molecule has 1 N–H and O–H groups in total. The molecule has 2 aliphatic heterocycles. The van der Waals surface area contributed by atoms with E-state index in [1.165, 1.54) is 30.2 Å². The fourth-order valence-electron chi connectivity index (χ4n) is 2.86. The predicted molar refractivity (Wildman–Crippen MR) is 140 cm³/mol. The Labute approximate surface area is 193 Å². The molecule has 0 saturated carbocycles. The number of benzene rings is 2. The maximum atomic E-state index is 8.81. The number of nitrogens with zero attached hydrogens (tertiary/aromatic N) is 2. The van der Waals surface area contributed by atoms with Crippen LogP contribution in [0.4, 0.5) is 5.69 Å². The van der Waals surface area contributed by atoms with Gasteiger partial charge in [0, 0.05) is 12.6 Å². The number of carbonyl (C=O) groups is 1. The van der Waals surface area contributed by atoms with Crippen LogP contribution in [0.15, 0.2) is 88.5 Å². The first kappa shape index (κ1) is 26.5. The van der Waals surface area contributed by atoms with E-state index in [0.717, 1.165) is 35.1 Å². The monoisotopic (exact) mass is 429 g/mol. The number of fused-ring (bicyclic) bond motifs is 1. The van der Waals surface area contributed by atoms with Gasteiger partial charge in [-0.15, -0.1) is 0 Å². The second-order valence-electron chi connectivity index (χ2n) is 7.30. The minimum atomic E-state index is 0.750. The summed E-state index contributed by atoms with van der Waals surface area (Å²) < 4.78 is 0. The lowest BCUT2D eigenvalue weighted by Crippen LogP contribution is -2.06. The highest BCUT2D eigenvalue weighted by Crippen LogP contribution is 2.27. The lowest BCUT2D eigenvalue weighted by Gasteiger charge is -2.09. The summed E-state index contributed by atoms with van der Waals surface area (Å²) in [6, 6.07) is 16.4. The summed E-state index contributed by atoms with van der Waals surface area (Å²) in [5, 5.41) is 4.15. The predicted octanol–water partition coefficient (Wildman–Crippen LogP) is 6.99. The maximum Gasteiger partial charge on any atom is 0.116 e. The molecule has 32 heavy (non-hydrogen) atoms. The summed E-state index contributed by atoms with van der Waals surface area (Å²) in [6.45, 7) is 13.8. The van der Waals surface area contributed by atoms with Crippen LogP contribution in [-0.2, 0) is 11.2 Å². The molecule has 4 heteroatoms. The van der Waals surface area contributed by atoms with Gasteiger partial charge in [-0.3, -0.25) is 10.4 Å². The number of aldehydes is 1. The SMILES string of the molecule is C=C1/C=C(C)\C=N/N/C(c2ccccc2)=C\1.CC=O.CCC.Cc1cccc2c1N=CC2. The Kier molecular flexibility index (Phi) is 12.7. The van der Waals surface area contributed by atoms with Gasteiger partial charge in [0.15, 0.2) is 0 Å². The third kappa shape index (κ3) is 9.52. The lowest BCUT2D eigenvalue weighted by molar-refractivity contribution is -0.106. The minimum absolute atomic E-state index is 0.750. The van der Waals surface area contributed by atoms with E-state index in [9.17, 15) is 0 Å². The van der Waals surface area contributed by atoms with Gasteiger partial charge in [-0.1, -0.05) is 81.5 Å². The Balaban J connectivity index is 0.000000272. The molecule has 0 unspecified atom stereocenters. The molecule has 4 rings (SSSR count). The Morgan fingerprint density at radius 1 is 1.03 bits per heavy atom. The van der Waals surface area contributed by atoms with Crippen molar-refractivity contribution >= 4 is 30.1 Å². The van der Waals surface area contributed by atoms with Crippen molar-refractivity contribution in [2.24, 2.45) is 10.1 Å². The first-order chi connectivity index (χ1) is 15.5. The molecule has 2 heterocycles. The summed E-state index contributed by atoms with van der Waals surface area (Å²) in [5.74, 6) is 0. The number of para-hydroxylation sites is 1. The van der Waals surface area contributed by atoms with Crippen molar-refractivity contribution in [2.75, 3.05) is 0 Å². The molecule has 0 spiro atoms. The molecule has 0 aromatic heterocycles. The number of carbonyl (C=O) groups excluding carboxylic acids is 1. The molecular formula is C28H35N3O. The third-order valence-corrected chi connectivity index (χ3v) is 4.13. The highest BCUT2D eigenvalue weighted by Gasteiger charge is 2.06. The van der Waals surface area contributed by atoms with Crippen LogP contribution in [0, 0.1) is 6.92 Å². The molecule has 168 valence electrons. The van der Waals surface area contributed by atoms with Gasteiger partial charge in [0.2, 0.25) is 0 Å². The van der Waals surface area contributed by atoms with E-state index in [1.54, 1.807) is 6.21 Å². The summed E-state index contributed by atoms with van der Waals surface area (Å²) in [4.78, 5) is 13.1. The fraction of sp³-hybridized carbons (Fsp3) is 0.250. The molecule has 0 saturated heterocycles. The first-order valence-corrected chi connectivity index (χ1v) is 10.9. The zero-order valence-corrected chi connectivity index (χ0v) is 19.9. The molecule has 0 atom stereocenters. The van der Waals surface area contributed by atoms with E-state index in [2.05, 4.69) is 61.1 Å². The number of rotatable bonds is 1. The summed E-state index contributed by atoms with van der Waals surface area (Å²) >= 11 is 0. The summed E-state index contributed by atoms with van der Waals surface area (Å²) in [5.41, 5.74) is 11.0. The number of allylic oxidation sites excluding steroid dienone is 4. The Bertz CT molecular complexity index is 983. The average Bonchev–Trinajstić information content (AvgIpc) is 3.24. The average molecular weight is 430 g/mol. The quantitative estimate of drug-likeness (QED) is 0.496. The van der Waals surface area contributed by atoms with Crippen molar-refractivity contribution in [1.82, 2.24) is 5.43 Å². The molecule has 0 aliphatic carbocycles. The smallest absolute Gasteiger partial charge is 0.116 e. The normalized spacial score (nSPS) is 17.3. The molecule has 2 aromatic rings. The number of nitrogens with one attached hydrogen (secondary N) is 1. The lowest BCUT2D eigenvalue weighted by atomic mass is 10.1. The van der Waals surface area contributed by atoms with Crippen LogP contribution in [0.5, 0.6) is 0 Å². The van der Waals surface area contributed by atoms with Crippen molar-refractivity contribution in [1.29, 1.82) is 0 Å². The number of aryl methyl sites for hydroxylation is 1. The number of aliphatic imine (C=N–C) groups is 1. The van der Waals surface area contributed by atoms with E-state index in [-0.39, 0.29) is 0 Å². The van der Waals surface area contributed by atoms with Gasteiger partial charge in [0.05, 0.1) is 17.6 Å². The third-order valence-electron chi connectivity index (χ3n) is 4.13. The number of hydrogen-bond acceptors (Lipinski definition) is 4. The molecule has 0 amide bonds. The largest absolute Gasteiger partial charge is 0.304 e. The van der Waals surface area contributed by atoms with Crippen molar-refractivity contribution in [3.8, 4) is 0 Å². The molecular weight excluding hydrogens is 394 g/mol. The first-order valence-electron chi connectivity index (χ1n) is 10.9. The van der Waals surface area contributed by atoms with Crippen LogP contribution in [0.1, 0.15) is 50.8 Å². The van der Waals surface area contributed by atoms with Crippen LogP contribution in [0.25, 0.3) is 5.70 Å². The second-order valence-corrected chi connectivity index (χ2v) is 7.30. The number of hydrazone groups is 1. The zero-order valence-electron chi connectivity index (χ0n) is 19.9. The highest BCUT2D eigenvalue weighted by atomic mass is 16.1. The molecule has 0 fully saturated rings. The molecule has 0 bridgehead atoms. The van der Waals surface area contributed by atoms with Crippen molar-refractivity contribution in [3.05, 3.63) is 95.1 Å². The fourth-order valence-corrected chi connectivity index (χ4v) is 2.86. The Hall–Kier alpha value is -3.53. The van der Waals surface area contributed by atoms with E-state index in [1.807, 2.05) is 55.6 Å². The highest BCUT2D eigenvalue weighted by molar-refractivity contribution is 5.81. The maximum absolute atomic E-state index is 8.81. The Morgan fingerprint density at radius 3 is 2.31 bits per heavy atom. The topological polar surface area (TPSA) is 53.8 Å². The summed E-state index contributed by atoms with van der Waals surface area (Å²) in [6.07, 6.45) is 10.8. The molecule has 4 nitrogen and oxygen atoms in total. The van der Waals surface area contributed by atoms with Gasteiger partial charge in [-0.05, 0) is 54.7 Å². The van der Waals surface area contributed by atoms with Crippen LogP contribution in [-0.4, -0.2) is 18.7 Å². The van der Waals surface area contributed by atoms with Crippen LogP contribution < -0.4 is 5.43 Å². The van der Waals surface area contributed by atoms with Crippen LogP contribution >= 0.6 is 0 Å². The van der Waals surface area contributed by atoms with Gasteiger partial charge in [0.25, 0.3) is 0 Å². The van der Waals surface area contributed by atoms with Gasteiger partial charge in [-0.25, -0.2) is 0 Å². The van der Waals surface area contributed by atoms with Gasteiger partial charge in [0.1, 0.15) is 6.29 Å². The standard InChI is InChI=1S/C14H14N2.C9H9N.C3H8.C2H4O/c1-11-8-12(2)10-15-16-14(9-11)13-6-4-3-5-7-13;1-7-3-2-4-8-5-6-10-9(7)8;1-3-2;1-2-3/h3-10,16H,1H2,2H3;2-4,6H,5H2,1H3;3H2,1-2H3;2H,1H3/b12-8-,14-9-,15-10-;;;. The molecule has 0 radical (unpaired) electrons. The Morgan fingerprint density at radius 2 is 1.69 bits per heavy atom. The van der Waals surface area contributed by atoms with Gasteiger partial charge < -0.3 is 4.79 Å². The van der Waals surface area contributed by atoms with E-state index in [4.69, 9.17) is 4.79 Å². The second kappa shape index (κ2) is 15.3. The van der Waals surface area contributed by atoms with E-state index >= 15 is 0 Å². The van der Waals surface area contributed by atoms with Crippen molar-refractivity contribution in [3.63, 3.8) is 0 Å². The van der Waals surface area contributed by atoms with Crippen molar-refractivity contribution in [2.45, 2.75) is 47.5 Å². The minimum Gasteiger partial charge on any atom is -0.304 e. The van der Waals surface area contributed by atoms with Gasteiger partial charge >= 0.3 is 0 Å². The molecule has 2 aliphatic rings. The number of hydrogen-bond donors (Lipinski definition) is 1. The van der Waals surface area contributed by atoms with Crippen LogP contribution in [0.3, 0.4) is 0 Å². The molecule has 2 aromatic carbocycles.